The van der Waals surface area contributed by atoms with Crippen molar-refractivity contribution in [3.63, 3.8) is 0 Å². The number of carbonyl (C=O) groups is 2. The maximum atomic E-state index is 11.9. The first-order chi connectivity index (χ1) is 10.9. The number of rotatable bonds is 8. The molecule has 126 valence electrons. The van der Waals surface area contributed by atoms with Crippen LogP contribution in [-0.2, 0) is 9.59 Å². The highest BCUT2D eigenvalue weighted by Gasteiger charge is 2.09. The number of unbranched alkanes of at least 4 members (excludes halogenated alkanes) is 1. The predicted octanol–water partition coefficient (Wildman–Crippen LogP) is 4.05. The second kappa shape index (κ2) is 10.0. The van der Waals surface area contributed by atoms with Gasteiger partial charge >= 0.3 is 0 Å². The minimum atomic E-state index is -0.265. The van der Waals surface area contributed by atoms with Gasteiger partial charge in [0.1, 0.15) is 0 Å². The fraction of sp³-hybridized carbons (Fsp3) is 0.471. The van der Waals surface area contributed by atoms with Crippen LogP contribution in [0.15, 0.2) is 23.3 Å². The minimum absolute atomic E-state index is 0.0933. The van der Waals surface area contributed by atoms with Crippen LogP contribution in [0.4, 0.5) is 5.69 Å². The van der Waals surface area contributed by atoms with Gasteiger partial charge in [-0.3, -0.25) is 9.59 Å². The molecule has 0 heterocycles. The molecule has 1 aromatic rings. The summed E-state index contributed by atoms with van der Waals surface area (Å²) in [5.41, 5.74) is 4.84. The van der Waals surface area contributed by atoms with Crippen LogP contribution in [0.5, 0.6) is 0 Å². The average Bonchev–Trinajstić information content (AvgIpc) is 2.53. The summed E-state index contributed by atoms with van der Waals surface area (Å²) >= 11 is 6.00. The molecule has 23 heavy (non-hydrogen) atoms. The van der Waals surface area contributed by atoms with Crippen molar-refractivity contribution in [1.82, 2.24) is 5.43 Å². The summed E-state index contributed by atoms with van der Waals surface area (Å²) in [6.07, 6.45) is 3.19. The number of anilines is 1. The van der Waals surface area contributed by atoms with Crippen LogP contribution in [0.25, 0.3) is 0 Å². The van der Waals surface area contributed by atoms with E-state index in [1.807, 2.05) is 13.8 Å². The average molecular weight is 338 g/mol. The van der Waals surface area contributed by atoms with E-state index in [0.717, 1.165) is 30.5 Å². The number of nitrogens with zero attached hydrogens (tertiary/aromatic N) is 1. The Bertz CT molecular complexity index is 585. The van der Waals surface area contributed by atoms with Gasteiger partial charge in [0.15, 0.2) is 0 Å². The summed E-state index contributed by atoms with van der Waals surface area (Å²) in [5.74, 6) is -0.490. The fourth-order valence-electron chi connectivity index (χ4n) is 1.88. The summed E-state index contributed by atoms with van der Waals surface area (Å²) < 4.78 is 0. The quantitative estimate of drug-likeness (QED) is 0.555. The molecule has 0 saturated carbocycles. The fourth-order valence-corrected chi connectivity index (χ4v) is 2.06. The SMILES string of the molecule is CCCC/C(C)=N\NC(=O)CCC(=O)Nc1cccc(Cl)c1C. The van der Waals surface area contributed by atoms with Crippen molar-refractivity contribution >= 4 is 34.8 Å². The maximum absolute atomic E-state index is 11.9. The van der Waals surface area contributed by atoms with Crippen molar-refractivity contribution in [3.8, 4) is 0 Å². The second-order valence-corrected chi connectivity index (χ2v) is 5.85. The number of nitrogens with one attached hydrogen (secondary N) is 2. The summed E-state index contributed by atoms with van der Waals surface area (Å²) in [5, 5.41) is 7.37. The Morgan fingerprint density at radius 2 is 1.87 bits per heavy atom. The second-order valence-electron chi connectivity index (χ2n) is 5.45. The highest BCUT2D eigenvalue weighted by molar-refractivity contribution is 6.31. The highest BCUT2D eigenvalue weighted by Crippen LogP contribution is 2.23. The van der Waals surface area contributed by atoms with E-state index >= 15 is 0 Å². The van der Waals surface area contributed by atoms with Gasteiger partial charge in [-0.05, 0) is 44.4 Å². The molecule has 0 fully saturated rings. The maximum Gasteiger partial charge on any atom is 0.240 e. The number of amides is 2. The number of carbonyl (C=O) groups excluding carboxylic acids is 2. The molecule has 1 rings (SSSR count). The first-order valence-corrected chi connectivity index (χ1v) is 8.18. The molecule has 0 radical (unpaired) electrons. The summed E-state index contributed by atoms with van der Waals surface area (Å²) in [7, 11) is 0. The minimum Gasteiger partial charge on any atom is -0.326 e. The topological polar surface area (TPSA) is 70.6 Å². The Morgan fingerprint density at radius 3 is 2.57 bits per heavy atom. The van der Waals surface area contributed by atoms with Gasteiger partial charge in [-0.1, -0.05) is 31.0 Å². The summed E-state index contributed by atoms with van der Waals surface area (Å²) in [6, 6.07) is 5.31. The number of hydrogen-bond donors (Lipinski definition) is 2. The van der Waals surface area contributed by atoms with Gasteiger partial charge < -0.3 is 5.32 Å². The molecule has 0 atom stereocenters. The first-order valence-electron chi connectivity index (χ1n) is 7.81. The highest BCUT2D eigenvalue weighted by atomic mass is 35.5. The van der Waals surface area contributed by atoms with E-state index in [1.165, 1.54) is 0 Å². The lowest BCUT2D eigenvalue weighted by atomic mass is 10.2. The molecule has 0 spiro atoms. The Hall–Kier alpha value is -1.88. The normalized spacial score (nSPS) is 11.2. The lowest BCUT2D eigenvalue weighted by Gasteiger charge is -2.09. The monoisotopic (exact) mass is 337 g/mol. The van der Waals surface area contributed by atoms with E-state index in [2.05, 4.69) is 22.8 Å². The molecule has 5 nitrogen and oxygen atoms in total. The zero-order valence-electron chi connectivity index (χ0n) is 13.9. The smallest absolute Gasteiger partial charge is 0.240 e. The third kappa shape index (κ3) is 7.28. The van der Waals surface area contributed by atoms with Crippen LogP contribution in [0.2, 0.25) is 5.02 Å². The lowest BCUT2D eigenvalue weighted by Crippen LogP contribution is -2.21. The van der Waals surface area contributed by atoms with E-state index in [1.54, 1.807) is 18.2 Å². The number of halogens is 1. The van der Waals surface area contributed by atoms with Crippen LogP contribution >= 0.6 is 11.6 Å². The number of hydrazone groups is 1. The van der Waals surface area contributed by atoms with Crippen molar-refractivity contribution < 1.29 is 9.59 Å². The van der Waals surface area contributed by atoms with Crippen molar-refractivity contribution in [2.75, 3.05) is 5.32 Å². The summed E-state index contributed by atoms with van der Waals surface area (Å²) in [4.78, 5) is 23.6. The Balaban J connectivity index is 2.38. The molecule has 0 aliphatic heterocycles. The van der Waals surface area contributed by atoms with Gasteiger partial charge in [0.25, 0.3) is 0 Å². The number of hydrogen-bond acceptors (Lipinski definition) is 3. The lowest BCUT2D eigenvalue weighted by molar-refractivity contribution is -0.124. The number of benzene rings is 1. The molecule has 0 unspecified atom stereocenters. The summed E-state index contributed by atoms with van der Waals surface area (Å²) in [6.45, 7) is 5.81. The van der Waals surface area contributed by atoms with E-state index in [9.17, 15) is 9.59 Å². The van der Waals surface area contributed by atoms with Gasteiger partial charge in [0.2, 0.25) is 11.8 Å². The van der Waals surface area contributed by atoms with Gasteiger partial charge in [0, 0.05) is 29.3 Å². The zero-order valence-corrected chi connectivity index (χ0v) is 14.7. The van der Waals surface area contributed by atoms with Crippen molar-refractivity contribution in [2.45, 2.75) is 52.9 Å². The predicted molar refractivity (Wildman–Crippen MR) is 94.8 cm³/mol. The molecule has 1 aromatic carbocycles. The largest absolute Gasteiger partial charge is 0.326 e. The standard InChI is InChI=1S/C17H24ClN3O2/c1-4-5-7-12(2)20-21-17(23)11-10-16(22)19-15-9-6-8-14(18)13(15)3/h6,8-9H,4-5,7,10-11H2,1-3H3,(H,19,22)(H,21,23)/b20-12-. The van der Waals surface area contributed by atoms with Crippen LogP contribution in [0.3, 0.4) is 0 Å². The van der Waals surface area contributed by atoms with Crippen molar-refractivity contribution in [2.24, 2.45) is 5.10 Å². The van der Waals surface area contributed by atoms with Crippen LogP contribution in [0, 0.1) is 6.92 Å². The molecular formula is C17H24ClN3O2. The Labute approximate surface area is 142 Å². The Kier molecular flexibility index (Phi) is 8.33. The van der Waals surface area contributed by atoms with Crippen molar-refractivity contribution in [3.05, 3.63) is 28.8 Å². The third-order valence-corrected chi connectivity index (χ3v) is 3.79. The molecule has 0 aliphatic rings. The molecule has 2 N–H and O–H groups in total. The van der Waals surface area contributed by atoms with Crippen LogP contribution in [0.1, 0.15) is 51.5 Å². The van der Waals surface area contributed by atoms with E-state index < -0.39 is 0 Å². The van der Waals surface area contributed by atoms with Crippen LogP contribution < -0.4 is 10.7 Å². The van der Waals surface area contributed by atoms with Crippen molar-refractivity contribution in [1.29, 1.82) is 0 Å². The van der Waals surface area contributed by atoms with E-state index in [0.29, 0.717) is 10.7 Å². The van der Waals surface area contributed by atoms with Gasteiger partial charge in [-0.2, -0.15) is 5.10 Å². The van der Waals surface area contributed by atoms with E-state index in [-0.39, 0.29) is 24.7 Å². The molecule has 6 heteroatoms. The van der Waals surface area contributed by atoms with Gasteiger partial charge in [-0.15, -0.1) is 0 Å². The molecule has 2 amide bonds. The third-order valence-electron chi connectivity index (χ3n) is 3.38. The molecule has 0 bridgehead atoms. The zero-order chi connectivity index (χ0) is 17.2. The van der Waals surface area contributed by atoms with Gasteiger partial charge in [-0.25, -0.2) is 5.43 Å². The van der Waals surface area contributed by atoms with Crippen LogP contribution in [-0.4, -0.2) is 17.5 Å². The first kappa shape index (κ1) is 19.2. The molecule has 0 saturated heterocycles. The molecular weight excluding hydrogens is 314 g/mol. The molecule has 0 aliphatic carbocycles. The van der Waals surface area contributed by atoms with E-state index in [4.69, 9.17) is 11.6 Å². The van der Waals surface area contributed by atoms with Gasteiger partial charge in [0.05, 0.1) is 0 Å². The Morgan fingerprint density at radius 1 is 1.17 bits per heavy atom. The molecule has 0 aromatic heterocycles.